The van der Waals surface area contributed by atoms with Gasteiger partial charge in [0.15, 0.2) is 0 Å². The molecule has 53 heavy (non-hydrogen) atoms. The molecule has 0 aliphatic carbocycles. The van der Waals surface area contributed by atoms with Gasteiger partial charge in [0.1, 0.15) is 0 Å². The van der Waals surface area contributed by atoms with Crippen LogP contribution in [0, 0.1) is 6.92 Å². The standard InChI is InChI=1S/C49H36N4/c1-34-12-2-7-17-45(34)50-35-22-24-36(25-23-35)51(37-26-30-39(31-27-37)52-46-18-8-3-13-41(46)42-14-4-9-19-47(42)52)38-28-32-40(33-29-38)53-48-20-10-5-15-43(48)44-16-6-11-21-49(44)53/h2-33,50H,1H3. The number of hydrogen-bond donors (Lipinski definition) is 1. The molecule has 0 radical (unpaired) electrons. The second kappa shape index (κ2) is 12.6. The van der Waals surface area contributed by atoms with Crippen LogP contribution >= 0.6 is 0 Å². The van der Waals surface area contributed by atoms with Gasteiger partial charge in [-0.15, -0.1) is 0 Å². The second-order valence-electron chi connectivity index (χ2n) is 13.6. The quantitative estimate of drug-likeness (QED) is 0.181. The molecular formula is C49H36N4. The summed E-state index contributed by atoms with van der Waals surface area (Å²) in [5.41, 5.74) is 13.7. The van der Waals surface area contributed by atoms with Crippen LogP contribution in [0.3, 0.4) is 0 Å². The van der Waals surface area contributed by atoms with E-state index in [9.17, 15) is 0 Å². The summed E-state index contributed by atoms with van der Waals surface area (Å²) in [5, 5.41) is 8.64. The predicted molar refractivity (Wildman–Crippen MR) is 224 cm³/mol. The van der Waals surface area contributed by atoms with E-state index in [1.807, 2.05) is 0 Å². The van der Waals surface area contributed by atoms with Crippen molar-refractivity contribution in [2.24, 2.45) is 0 Å². The minimum absolute atomic E-state index is 1.05. The minimum Gasteiger partial charge on any atom is -0.355 e. The van der Waals surface area contributed by atoms with E-state index in [-0.39, 0.29) is 0 Å². The number of aryl methyl sites for hydroxylation is 1. The van der Waals surface area contributed by atoms with Gasteiger partial charge < -0.3 is 19.4 Å². The average Bonchev–Trinajstić information content (AvgIpc) is 3.73. The van der Waals surface area contributed by atoms with Gasteiger partial charge in [0.2, 0.25) is 0 Å². The minimum atomic E-state index is 1.05. The molecule has 0 atom stereocenters. The predicted octanol–water partition coefficient (Wildman–Crippen LogP) is 13.4. The van der Waals surface area contributed by atoms with E-state index in [0.29, 0.717) is 0 Å². The van der Waals surface area contributed by atoms with Crippen LogP contribution < -0.4 is 10.2 Å². The first kappa shape index (κ1) is 30.8. The zero-order valence-corrected chi connectivity index (χ0v) is 29.3. The molecule has 4 heteroatoms. The highest BCUT2D eigenvalue weighted by atomic mass is 15.1. The smallest absolute Gasteiger partial charge is 0.0541 e. The normalized spacial score (nSPS) is 11.5. The average molecular weight is 681 g/mol. The maximum atomic E-state index is 3.60. The molecule has 0 aliphatic heterocycles. The van der Waals surface area contributed by atoms with Crippen LogP contribution in [-0.2, 0) is 0 Å². The monoisotopic (exact) mass is 680 g/mol. The van der Waals surface area contributed by atoms with Crippen molar-refractivity contribution in [3.05, 3.63) is 200 Å². The summed E-state index contributed by atoms with van der Waals surface area (Å²) in [6.45, 7) is 2.13. The third kappa shape index (κ3) is 5.23. The Balaban J connectivity index is 1.07. The van der Waals surface area contributed by atoms with E-state index in [0.717, 1.165) is 39.8 Å². The van der Waals surface area contributed by atoms with Crippen molar-refractivity contribution in [2.45, 2.75) is 6.92 Å². The van der Waals surface area contributed by atoms with Gasteiger partial charge in [-0.1, -0.05) is 91.0 Å². The Hall–Kier alpha value is -7.04. The first-order valence-corrected chi connectivity index (χ1v) is 18.1. The Kier molecular flexibility index (Phi) is 7.33. The van der Waals surface area contributed by atoms with E-state index in [2.05, 4.69) is 220 Å². The van der Waals surface area contributed by atoms with Crippen LogP contribution in [0.2, 0.25) is 0 Å². The third-order valence-corrected chi connectivity index (χ3v) is 10.4. The molecule has 0 fully saturated rings. The molecule has 0 spiro atoms. The molecule has 0 aliphatic rings. The summed E-state index contributed by atoms with van der Waals surface area (Å²) in [7, 11) is 0. The van der Waals surface area contributed by atoms with Gasteiger partial charge in [-0.2, -0.15) is 0 Å². The van der Waals surface area contributed by atoms with E-state index >= 15 is 0 Å². The number of rotatable bonds is 7. The molecule has 0 saturated heterocycles. The number of nitrogens with one attached hydrogen (secondary N) is 1. The summed E-state index contributed by atoms with van der Waals surface area (Å²) in [5.74, 6) is 0. The molecule has 2 aromatic heterocycles. The first-order valence-electron chi connectivity index (χ1n) is 18.1. The molecular weight excluding hydrogens is 645 g/mol. The molecule has 0 saturated carbocycles. The molecule has 252 valence electrons. The number of para-hydroxylation sites is 5. The molecule has 2 heterocycles. The van der Waals surface area contributed by atoms with Crippen LogP contribution in [0.15, 0.2) is 194 Å². The zero-order chi connectivity index (χ0) is 35.3. The lowest BCUT2D eigenvalue weighted by Gasteiger charge is -2.26. The van der Waals surface area contributed by atoms with Crippen LogP contribution in [0.4, 0.5) is 28.4 Å². The van der Waals surface area contributed by atoms with Crippen molar-refractivity contribution < 1.29 is 0 Å². The second-order valence-corrected chi connectivity index (χ2v) is 13.6. The van der Waals surface area contributed by atoms with E-state index < -0.39 is 0 Å². The molecule has 8 aromatic carbocycles. The van der Waals surface area contributed by atoms with E-state index in [4.69, 9.17) is 0 Å². The van der Waals surface area contributed by atoms with Crippen LogP contribution in [-0.4, -0.2) is 9.13 Å². The summed E-state index contributed by atoms with van der Waals surface area (Å²) in [4.78, 5) is 2.34. The Bertz CT molecular complexity index is 2650. The van der Waals surface area contributed by atoms with Gasteiger partial charge in [0, 0.05) is 61.4 Å². The van der Waals surface area contributed by atoms with Crippen molar-refractivity contribution in [1.29, 1.82) is 0 Å². The number of fused-ring (bicyclic) bond motifs is 6. The summed E-state index contributed by atoms with van der Waals surface area (Å²) < 4.78 is 4.73. The number of benzene rings is 8. The van der Waals surface area contributed by atoms with Crippen LogP contribution in [0.5, 0.6) is 0 Å². The zero-order valence-electron chi connectivity index (χ0n) is 29.3. The fourth-order valence-electron chi connectivity index (χ4n) is 7.91. The van der Waals surface area contributed by atoms with Crippen LogP contribution in [0.1, 0.15) is 5.56 Å². The Morgan fingerprint density at radius 2 is 0.698 bits per heavy atom. The van der Waals surface area contributed by atoms with Crippen molar-refractivity contribution in [1.82, 2.24) is 9.13 Å². The van der Waals surface area contributed by atoms with Crippen LogP contribution in [0.25, 0.3) is 55.0 Å². The van der Waals surface area contributed by atoms with E-state index in [1.54, 1.807) is 0 Å². The SMILES string of the molecule is Cc1ccccc1Nc1ccc(N(c2ccc(-n3c4ccccc4c4ccccc43)cc2)c2ccc(-n3c4ccccc4c4ccccc43)cc2)cc1. The Morgan fingerprint density at radius 3 is 1.09 bits per heavy atom. The summed E-state index contributed by atoms with van der Waals surface area (Å²) in [6.07, 6.45) is 0. The number of aromatic nitrogens is 2. The summed E-state index contributed by atoms with van der Waals surface area (Å²) >= 11 is 0. The molecule has 10 rings (SSSR count). The Morgan fingerprint density at radius 1 is 0.358 bits per heavy atom. The van der Waals surface area contributed by atoms with Crippen molar-refractivity contribution in [3.63, 3.8) is 0 Å². The van der Waals surface area contributed by atoms with Crippen molar-refractivity contribution in [2.75, 3.05) is 10.2 Å². The molecule has 1 N–H and O–H groups in total. The highest BCUT2D eigenvalue weighted by Crippen LogP contribution is 2.39. The summed E-state index contributed by atoms with van der Waals surface area (Å²) in [6, 6.07) is 69.6. The lowest BCUT2D eigenvalue weighted by molar-refractivity contribution is 1.17. The van der Waals surface area contributed by atoms with Crippen molar-refractivity contribution in [3.8, 4) is 11.4 Å². The highest BCUT2D eigenvalue weighted by molar-refractivity contribution is 6.10. The fraction of sp³-hybridized carbons (Fsp3) is 0.0204. The fourth-order valence-corrected chi connectivity index (χ4v) is 7.91. The van der Waals surface area contributed by atoms with Gasteiger partial charge in [-0.05, 0) is 116 Å². The Labute approximate surface area is 308 Å². The van der Waals surface area contributed by atoms with Gasteiger partial charge in [0.05, 0.1) is 22.1 Å². The number of anilines is 5. The van der Waals surface area contributed by atoms with Gasteiger partial charge in [0.25, 0.3) is 0 Å². The first-order chi connectivity index (χ1) is 26.2. The molecule has 0 bridgehead atoms. The largest absolute Gasteiger partial charge is 0.355 e. The highest BCUT2D eigenvalue weighted by Gasteiger charge is 2.17. The van der Waals surface area contributed by atoms with Gasteiger partial charge in [-0.25, -0.2) is 0 Å². The molecule has 0 unspecified atom stereocenters. The van der Waals surface area contributed by atoms with E-state index in [1.165, 1.54) is 49.2 Å². The van der Waals surface area contributed by atoms with Crippen molar-refractivity contribution >= 4 is 72.0 Å². The molecule has 0 amide bonds. The lowest BCUT2D eigenvalue weighted by Crippen LogP contribution is -2.10. The lowest BCUT2D eigenvalue weighted by atomic mass is 10.1. The maximum absolute atomic E-state index is 3.60. The molecule has 10 aromatic rings. The number of hydrogen-bond acceptors (Lipinski definition) is 2. The topological polar surface area (TPSA) is 25.1 Å². The third-order valence-electron chi connectivity index (χ3n) is 10.4. The van der Waals surface area contributed by atoms with Gasteiger partial charge >= 0.3 is 0 Å². The molecule has 4 nitrogen and oxygen atoms in total. The number of nitrogens with zero attached hydrogens (tertiary/aromatic N) is 3. The van der Waals surface area contributed by atoms with Gasteiger partial charge in [-0.3, -0.25) is 0 Å². The maximum Gasteiger partial charge on any atom is 0.0541 e.